The molecule has 3 heterocycles. The first-order valence-electron chi connectivity index (χ1n) is 14.0. The highest BCUT2D eigenvalue weighted by atomic mass is 32.2. The lowest BCUT2D eigenvalue weighted by molar-refractivity contribution is -0.123. The molecular weight excluding hydrogens is 558 g/mol. The summed E-state index contributed by atoms with van der Waals surface area (Å²) < 4.78 is 7.59. The third-order valence-electron chi connectivity index (χ3n) is 7.38. The number of fused-ring (bicyclic) bond motifs is 1. The van der Waals surface area contributed by atoms with Crippen LogP contribution in [0.5, 0.6) is 5.75 Å². The van der Waals surface area contributed by atoms with Crippen molar-refractivity contribution in [2.24, 2.45) is 0 Å². The number of benzene rings is 3. The molecule has 1 aliphatic rings. The van der Waals surface area contributed by atoms with E-state index in [1.54, 1.807) is 29.1 Å². The first-order chi connectivity index (χ1) is 21.0. The Morgan fingerprint density at radius 3 is 2.44 bits per heavy atom. The van der Waals surface area contributed by atoms with Gasteiger partial charge in [0.15, 0.2) is 0 Å². The van der Waals surface area contributed by atoms with E-state index in [9.17, 15) is 9.59 Å². The number of aryl methyl sites for hydroxylation is 1. The third kappa shape index (κ3) is 5.89. The number of ether oxygens (including phenoxy) is 1. The van der Waals surface area contributed by atoms with Crippen molar-refractivity contribution >= 4 is 29.4 Å². The number of pyridine rings is 1. The van der Waals surface area contributed by atoms with E-state index in [0.29, 0.717) is 12.4 Å². The van der Waals surface area contributed by atoms with Crippen LogP contribution in [-0.2, 0) is 16.1 Å². The van der Waals surface area contributed by atoms with Crippen molar-refractivity contribution in [3.8, 4) is 22.7 Å². The maximum Gasteiger partial charge on any atom is 0.240 e. The van der Waals surface area contributed by atoms with Gasteiger partial charge in [0.05, 0.1) is 29.5 Å². The van der Waals surface area contributed by atoms with Crippen molar-refractivity contribution < 1.29 is 14.3 Å². The predicted molar refractivity (Wildman–Crippen MR) is 169 cm³/mol. The van der Waals surface area contributed by atoms with Gasteiger partial charge in [0.25, 0.3) is 0 Å². The molecule has 3 aromatic carbocycles. The first-order valence-corrected chi connectivity index (χ1v) is 15.0. The van der Waals surface area contributed by atoms with Crippen molar-refractivity contribution in [3.63, 3.8) is 0 Å². The Morgan fingerprint density at radius 1 is 0.977 bits per heavy atom. The van der Waals surface area contributed by atoms with Gasteiger partial charge in [-0.2, -0.15) is 5.10 Å². The molecule has 2 aromatic heterocycles. The summed E-state index contributed by atoms with van der Waals surface area (Å²) in [5, 5.41) is 7.83. The number of rotatable bonds is 8. The maximum atomic E-state index is 13.9. The Hall–Kier alpha value is -4.89. The maximum absolute atomic E-state index is 13.9. The normalized spacial score (nSPS) is 14.6. The highest BCUT2D eigenvalue weighted by Crippen LogP contribution is 2.50. The first kappa shape index (κ1) is 28.2. The minimum Gasteiger partial charge on any atom is -0.496 e. The van der Waals surface area contributed by atoms with E-state index in [4.69, 9.17) is 9.84 Å². The van der Waals surface area contributed by atoms with Crippen LogP contribution in [-0.4, -0.2) is 46.0 Å². The molecule has 1 atom stereocenters. The van der Waals surface area contributed by atoms with E-state index in [0.717, 1.165) is 44.9 Å². The molecule has 1 aliphatic heterocycles. The van der Waals surface area contributed by atoms with Gasteiger partial charge in [-0.3, -0.25) is 19.5 Å². The molecule has 0 unspecified atom stereocenters. The van der Waals surface area contributed by atoms with Crippen molar-refractivity contribution in [1.82, 2.24) is 20.1 Å². The van der Waals surface area contributed by atoms with Crippen LogP contribution in [0.4, 0.5) is 5.82 Å². The zero-order chi connectivity index (χ0) is 29.8. The van der Waals surface area contributed by atoms with Gasteiger partial charge in [-0.1, -0.05) is 66.2 Å². The minimum atomic E-state index is -0.283. The molecule has 0 aliphatic carbocycles. The summed E-state index contributed by atoms with van der Waals surface area (Å²) in [6.07, 6.45) is 3.37. The summed E-state index contributed by atoms with van der Waals surface area (Å²) in [6, 6.07) is 29.5. The number of hydrogen-bond donors (Lipinski definition) is 1. The molecule has 0 radical (unpaired) electrons. The molecule has 0 bridgehead atoms. The highest BCUT2D eigenvalue weighted by Gasteiger charge is 2.38. The fourth-order valence-corrected chi connectivity index (χ4v) is 6.45. The standard InChI is InChI=1S/C34H31N5O3S/c1-23-12-14-26(15-13-23)39-34-31(32(37-39)25-8-4-3-5-9-25)33(27-10-6-7-11-28(27)42-2)43-22-30(41)38(34)21-29(40)36-20-24-16-18-35-19-17-24/h3-19,33H,20-22H2,1-2H3,(H,36,40)/t33-/m1/s1. The fraction of sp³-hybridized carbons (Fsp3) is 0.176. The van der Waals surface area contributed by atoms with Crippen LogP contribution in [0.2, 0.25) is 0 Å². The minimum absolute atomic E-state index is 0.151. The number of aromatic nitrogens is 3. The van der Waals surface area contributed by atoms with Crippen LogP contribution < -0.4 is 15.0 Å². The van der Waals surface area contributed by atoms with Gasteiger partial charge >= 0.3 is 0 Å². The smallest absolute Gasteiger partial charge is 0.240 e. The van der Waals surface area contributed by atoms with Crippen LogP contribution in [0.1, 0.15) is 27.5 Å². The number of amides is 2. The van der Waals surface area contributed by atoms with Crippen molar-refractivity contribution in [1.29, 1.82) is 0 Å². The molecule has 0 saturated carbocycles. The van der Waals surface area contributed by atoms with Crippen molar-refractivity contribution in [2.45, 2.75) is 18.7 Å². The molecule has 0 saturated heterocycles. The number of nitrogens with zero attached hydrogens (tertiary/aromatic N) is 4. The van der Waals surface area contributed by atoms with Crippen LogP contribution in [0.3, 0.4) is 0 Å². The summed E-state index contributed by atoms with van der Waals surface area (Å²) in [5.41, 5.74) is 6.29. The predicted octanol–water partition coefficient (Wildman–Crippen LogP) is 5.74. The lowest BCUT2D eigenvalue weighted by Gasteiger charge is -2.23. The van der Waals surface area contributed by atoms with Gasteiger partial charge in [-0.25, -0.2) is 4.68 Å². The van der Waals surface area contributed by atoms with Gasteiger partial charge in [0.2, 0.25) is 11.8 Å². The zero-order valence-corrected chi connectivity index (χ0v) is 24.8. The second-order valence-corrected chi connectivity index (χ2v) is 11.3. The van der Waals surface area contributed by atoms with Gasteiger partial charge in [0, 0.05) is 35.6 Å². The molecule has 5 aromatic rings. The van der Waals surface area contributed by atoms with E-state index in [2.05, 4.69) is 10.3 Å². The highest BCUT2D eigenvalue weighted by molar-refractivity contribution is 8.00. The average molecular weight is 590 g/mol. The SMILES string of the molecule is COc1ccccc1[C@H]1SCC(=O)N(CC(=O)NCc2ccncc2)c2c1c(-c1ccccc1)nn2-c1ccc(C)cc1. The number of nitrogens with one attached hydrogen (secondary N) is 1. The number of hydrogen-bond acceptors (Lipinski definition) is 6. The number of thioether (sulfide) groups is 1. The van der Waals surface area contributed by atoms with Gasteiger partial charge in [-0.15, -0.1) is 11.8 Å². The van der Waals surface area contributed by atoms with Crippen LogP contribution >= 0.6 is 11.8 Å². The largest absolute Gasteiger partial charge is 0.496 e. The zero-order valence-electron chi connectivity index (χ0n) is 23.9. The number of anilines is 1. The molecule has 43 heavy (non-hydrogen) atoms. The molecule has 9 heteroatoms. The van der Waals surface area contributed by atoms with Gasteiger partial charge < -0.3 is 10.1 Å². The fourth-order valence-electron chi connectivity index (χ4n) is 5.22. The van der Waals surface area contributed by atoms with Crippen molar-refractivity contribution in [2.75, 3.05) is 24.3 Å². The number of methoxy groups -OCH3 is 1. The average Bonchev–Trinajstić information content (AvgIpc) is 3.37. The second-order valence-electron chi connectivity index (χ2n) is 10.2. The second kappa shape index (κ2) is 12.5. The summed E-state index contributed by atoms with van der Waals surface area (Å²) in [5.74, 6) is 1.04. The molecule has 8 nitrogen and oxygen atoms in total. The van der Waals surface area contributed by atoms with Gasteiger partial charge in [-0.05, 0) is 42.8 Å². The summed E-state index contributed by atoms with van der Waals surface area (Å²) >= 11 is 1.52. The lowest BCUT2D eigenvalue weighted by atomic mass is 9.99. The van der Waals surface area contributed by atoms with E-state index < -0.39 is 0 Å². The monoisotopic (exact) mass is 589 g/mol. The molecule has 2 amide bonds. The van der Waals surface area contributed by atoms with E-state index >= 15 is 0 Å². The summed E-state index contributed by atoms with van der Waals surface area (Å²) in [7, 11) is 1.65. The Morgan fingerprint density at radius 2 is 1.70 bits per heavy atom. The van der Waals surface area contributed by atoms with E-state index in [1.165, 1.54) is 11.8 Å². The van der Waals surface area contributed by atoms with E-state index in [-0.39, 0.29) is 29.4 Å². The third-order valence-corrected chi connectivity index (χ3v) is 8.61. The van der Waals surface area contributed by atoms with Crippen LogP contribution in [0, 0.1) is 6.92 Å². The van der Waals surface area contributed by atoms with Crippen LogP contribution in [0.25, 0.3) is 16.9 Å². The number of para-hydroxylation sites is 1. The quantitative estimate of drug-likeness (QED) is 0.249. The van der Waals surface area contributed by atoms with Gasteiger partial charge in [0.1, 0.15) is 18.1 Å². The van der Waals surface area contributed by atoms with Crippen molar-refractivity contribution in [3.05, 3.63) is 126 Å². The Balaban J connectivity index is 1.53. The Bertz CT molecular complexity index is 1740. The Labute approximate surface area is 254 Å². The molecule has 0 fully saturated rings. The number of carbonyl (C=O) groups excluding carboxylic acids is 2. The van der Waals surface area contributed by atoms with E-state index in [1.807, 2.05) is 97.9 Å². The molecule has 216 valence electrons. The molecule has 0 spiro atoms. The van der Waals surface area contributed by atoms with Crippen LogP contribution in [0.15, 0.2) is 103 Å². The summed E-state index contributed by atoms with van der Waals surface area (Å²) in [6.45, 7) is 2.21. The summed E-state index contributed by atoms with van der Waals surface area (Å²) in [4.78, 5) is 33.0. The molecule has 1 N–H and O–H groups in total. The Kier molecular flexibility index (Phi) is 8.24. The molecular formula is C34H31N5O3S. The number of carbonyl (C=O) groups is 2. The topological polar surface area (TPSA) is 89.3 Å². The lowest BCUT2D eigenvalue weighted by Crippen LogP contribution is -2.42. The molecule has 6 rings (SSSR count).